The van der Waals surface area contributed by atoms with E-state index in [0.717, 1.165) is 29.4 Å². The van der Waals surface area contributed by atoms with Crippen LogP contribution in [0.1, 0.15) is 29.8 Å². The SMILES string of the molecule is CCc1ccccc1NC(=O)C(C)Sc1nnc(-c2ccccc2NC(=O)c2ccccc2)c(=O)[nH]1. The molecule has 0 fully saturated rings. The van der Waals surface area contributed by atoms with E-state index in [0.29, 0.717) is 16.8 Å². The molecule has 4 rings (SSSR count). The van der Waals surface area contributed by atoms with Crippen molar-refractivity contribution in [3.05, 3.63) is 100 Å². The zero-order chi connectivity index (χ0) is 25.5. The summed E-state index contributed by atoms with van der Waals surface area (Å²) < 4.78 is 0. The van der Waals surface area contributed by atoms with Gasteiger partial charge >= 0.3 is 0 Å². The largest absolute Gasteiger partial charge is 0.325 e. The number of hydrogen-bond acceptors (Lipinski definition) is 6. The second-order valence-corrected chi connectivity index (χ2v) is 9.26. The van der Waals surface area contributed by atoms with Crippen LogP contribution in [0, 0.1) is 0 Å². The highest BCUT2D eigenvalue weighted by Gasteiger charge is 2.19. The molecular weight excluding hydrogens is 474 g/mol. The van der Waals surface area contributed by atoms with Crippen LogP contribution in [-0.2, 0) is 11.2 Å². The minimum Gasteiger partial charge on any atom is -0.325 e. The topological polar surface area (TPSA) is 117 Å². The summed E-state index contributed by atoms with van der Waals surface area (Å²) in [5, 5.41) is 13.7. The number of nitrogens with one attached hydrogen (secondary N) is 3. The number of aromatic nitrogens is 3. The molecule has 36 heavy (non-hydrogen) atoms. The van der Waals surface area contributed by atoms with Crippen LogP contribution in [0.3, 0.4) is 0 Å². The van der Waals surface area contributed by atoms with Crippen molar-refractivity contribution in [3.8, 4) is 11.3 Å². The molecule has 0 aliphatic carbocycles. The Hall–Kier alpha value is -4.24. The van der Waals surface area contributed by atoms with Gasteiger partial charge in [0.15, 0.2) is 10.9 Å². The first-order valence-electron chi connectivity index (χ1n) is 11.4. The lowest BCUT2D eigenvalue weighted by Crippen LogP contribution is -2.24. The van der Waals surface area contributed by atoms with Crippen LogP contribution in [0.25, 0.3) is 11.3 Å². The van der Waals surface area contributed by atoms with Gasteiger partial charge in [-0.1, -0.05) is 73.3 Å². The molecule has 0 radical (unpaired) electrons. The third-order valence-electron chi connectivity index (χ3n) is 5.46. The monoisotopic (exact) mass is 499 g/mol. The molecule has 3 N–H and O–H groups in total. The van der Waals surface area contributed by atoms with E-state index in [9.17, 15) is 14.4 Å². The van der Waals surface area contributed by atoms with E-state index in [-0.39, 0.29) is 22.7 Å². The Morgan fingerprint density at radius 3 is 2.28 bits per heavy atom. The summed E-state index contributed by atoms with van der Waals surface area (Å²) in [6, 6.07) is 23.3. The van der Waals surface area contributed by atoms with Crippen LogP contribution in [0.2, 0.25) is 0 Å². The quantitative estimate of drug-likeness (QED) is 0.301. The number of nitrogens with zero attached hydrogens (tertiary/aromatic N) is 2. The molecule has 0 aliphatic rings. The number of anilines is 2. The van der Waals surface area contributed by atoms with Crippen molar-refractivity contribution in [2.45, 2.75) is 30.7 Å². The first-order valence-corrected chi connectivity index (χ1v) is 12.3. The standard InChI is InChI=1S/C27H25N5O3S/c1-3-18-11-7-9-15-21(18)28-24(33)17(2)36-27-30-26(35)23(31-32-27)20-14-8-10-16-22(20)29-25(34)19-12-5-4-6-13-19/h4-17H,3H2,1-2H3,(H,28,33)(H,29,34)(H,30,32,35). The highest BCUT2D eigenvalue weighted by atomic mass is 32.2. The molecule has 1 unspecified atom stereocenters. The van der Waals surface area contributed by atoms with Gasteiger partial charge in [0, 0.05) is 16.8 Å². The molecule has 0 spiro atoms. The highest BCUT2D eigenvalue weighted by molar-refractivity contribution is 8.00. The van der Waals surface area contributed by atoms with Gasteiger partial charge in [-0.3, -0.25) is 19.4 Å². The summed E-state index contributed by atoms with van der Waals surface area (Å²) >= 11 is 1.10. The predicted molar refractivity (Wildman–Crippen MR) is 142 cm³/mol. The van der Waals surface area contributed by atoms with Gasteiger partial charge in [-0.2, -0.15) is 0 Å². The molecule has 0 aliphatic heterocycles. The molecule has 3 aromatic carbocycles. The summed E-state index contributed by atoms with van der Waals surface area (Å²) in [5.74, 6) is -0.509. The average molecular weight is 500 g/mol. The van der Waals surface area contributed by atoms with Gasteiger partial charge in [0.1, 0.15) is 0 Å². The van der Waals surface area contributed by atoms with Gasteiger partial charge in [-0.05, 0) is 43.2 Å². The molecule has 1 heterocycles. The van der Waals surface area contributed by atoms with Crippen LogP contribution in [-0.4, -0.2) is 32.2 Å². The Labute approximate surface area is 212 Å². The minimum atomic E-state index is -0.525. The maximum atomic E-state index is 12.9. The lowest BCUT2D eigenvalue weighted by atomic mass is 10.1. The number of carbonyl (C=O) groups is 2. The summed E-state index contributed by atoms with van der Waals surface area (Å²) in [5.41, 5.74) is 2.77. The van der Waals surface area contributed by atoms with E-state index in [2.05, 4.69) is 25.8 Å². The van der Waals surface area contributed by atoms with Crippen LogP contribution in [0.4, 0.5) is 11.4 Å². The Kier molecular flexibility index (Phi) is 7.92. The minimum absolute atomic E-state index is 0.0669. The summed E-state index contributed by atoms with van der Waals surface area (Å²) in [6.45, 7) is 3.76. The van der Waals surface area contributed by atoms with E-state index >= 15 is 0 Å². The van der Waals surface area contributed by atoms with Crippen molar-refractivity contribution in [3.63, 3.8) is 0 Å². The number of para-hydroxylation sites is 2. The van der Waals surface area contributed by atoms with Crippen molar-refractivity contribution >= 4 is 35.0 Å². The maximum Gasteiger partial charge on any atom is 0.278 e. The predicted octanol–water partition coefficient (Wildman–Crippen LogP) is 4.77. The second-order valence-electron chi connectivity index (χ2n) is 7.93. The van der Waals surface area contributed by atoms with Gasteiger partial charge in [0.25, 0.3) is 11.5 Å². The summed E-state index contributed by atoms with van der Waals surface area (Å²) in [7, 11) is 0. The number of thioether (sulfide) groups is 1. The molecule has 0 saturated carbocycles. The fourth-order valence-corrected chi connectivity index (χ4v) is 4.28. The average Bonchev–Trinajstić information content (AvgIpc) is 2.90. The van der Waals surface area contributed by atoms with Gasteiger partial charge in [-0.25, -0.2) is 0 Å². The number of benzene rings is 3. The lowest BCUT2D eigenvalue weighted by Gasteiger charge is -2.14. The Morgan fingerprint density at radius 1 is 0.889 bits per heavy atom. The number of aryl methyl sites for hydroxylation is 1. The van der Waals surface area contributed by atoms with Crippen molar-refractivity contribution in [1.29, 1.82) is 0 Å². The molecule has 4 aromatic rings. The van der Waals surface area contributed by atoms with Crippen molar-refractivity contribution in [1.82, 2.24) is 15.2 Å². The fraction of sp³-hybridized carbons (Fsp3) is 0.148. The first kappa shape index (κ1) is 24.9. The highest BCUT2D eigenvalue weighted by Crippen LogP contribution is 2.26. The second kappa shape index (κ2) is 11.5. The normalized spacial score (nSPS) is 11.5. The molecule has 182 valence electrons. The van der Waals surface area contributed by atoms with Gasteiger partial charge in [0.2, 0.25) is 5.91 Å². The summed E-state index contributed by atoms with van der Waals surface area (Å²) in [4.78, 5) is 40.9. The van der Waals surface area contributed by atoms with Crippen molar-refractivity contribution in [2.24, 2.45) is 0 Å². The summed E-state index contributed by atoms with van der Waals surface area (Å²) in [6.07, 6.45) is 0.797. The van der Waals surface area contributed by atoms with E-state index in [1.807, 2.05) is 37.3 Å². The Balaban J connectivity index is 1.49. The Bertz CT molecular complexity index is 1440. The van der Waals surface area contributed by atoms with E-state index < -0.39 is 10.8 Å². The molecule has 0 saturated heterocycles. The molecule has 1 atom stereocenters. The first-order chi connectivity index (χ1) is 17.5. The van der Waals surface area contributed by atoms with E-state index in [1.54, 1.807) is 55.5 Å². The van der Waals surface area contributed by atoms with Crippen LogP contribution < -0.4 is 16.2 Å². The third-order valence-corrected chi connectivity index (χ3v) is 6.43. The molecule has 2 amide bonds. The molecule has 0 bridgehead atoms. The number of carbonyl (C=O) groups excluding carboxylic acids is 2. The number of aromatic amines is 1. The van der Waals surface area contributed by atoms with Crippen LogP contribution in [0.15, 0.2) is 88.8 Å². The number of rotatable bonds is 8. The maximum absolute atomic E-state index is 12.9. The van der Waals surface area contributed by atoms with Gasteiger partial charge < -0.3 is 10.6 Å². The molecule has 1 aromatic heterocycles. The number of H-pyrrole nitrogens is 1. The zero-order valence-electron chi connectivity index (χ0n) is 19.8. The molecule has 9 heteroatoms. The molecule has 8 nitrogen and oxygen atoms in total. The third kappa shape index (κ3) is 5.87. The van der Waals surface area contributed by atoms with E-state index in [1.165, 1.54) is 0 Å². The fourth-order valence-electron chi connectivity index (χ4n) is 3.54. The number of amides is 2. The number of hydrogen-bond donors (Lipinski definition) is 3. The van der Waals surface area contributed by atoms with Crippen molar-refractivity contribution in [2.75, 3.05) is 10.6 Å². The van der Waals surface area contributed by atoms with E-state index in [4.69, 9.17) is 0 Å². The Morgan fingerprint density at radius 2 is 1.56 bits per heavy atom. The smallest absolute Gasteiger partial charge is 0.278 e. The van der Waals surface area contributed by atoms with Gasteiger partial charge in [0.05, 0.1) is 10.9 Å². The van der Waals surface area contributed by atoms with Crippen LogP contribution >= 0.6 is 11.8 Å². The zero-order valence-corrected chi connectivity index (χ0v) is 20.6. The van der Waals surface area contributed by atoms with Crippen LogP contribution in [0.5, 0.6) is 0 Å². The van der Waals surface area contributed by atoms with Gasteiger partial charge in [-0.15, -0.1) is 10.2 Å². The molecular formula is C27H25N5O3S. The van der Waals surface area contributed by atoms with Crippen molar-refractivity contribution < 1.29 is 9.59 Å². The lowest BCUT2D eigenvalue weighted by molar-refractivity contribution is -0.115.